The second kappa shape index (κ2) is 7.38. The van der Waals surface area contributed by atoms with Gasteiger partial charge in [0, 0.05) is 17.8 Å². The van der Waals surface area contributed by atoms with Crippen LogP contribution in [-0.4, -0.2) is 9.97 Å². The molecule has 5 rings (SSSR count). The molecule has 0 aliphatic heterocycles. The average molecular weight is 411 g/mol. The van der Waals surface area contributed by atoms with Crippen LogP contribution in [0.4, 0.5) is 0 Å². The molecule has 0 atom stereocenters. The van der Waals surface area contributed by atoms with Gasteiger partial charge in [-0.05, 0) is 59.6 Å². The van der Waals surface area contributed by atoms with Crippen LogP contribution in [0.5, 0.6) is 5.75 Å². The summed E-state index contributed by atoms with van der Waals surface area (Å²) < 4.78 is 6.15. The Morgan fingerprint density at radius 1 is 1.10 bits per heavy atom. The van der Waals surface area contributed by atoms with Gasteiger partial charge < -0.3 is 9.72 Å². The molecule has 0 bridgehead atoms. The van der Waals surface area contributed by atoms with E-state index in [1.165, 1.54) is 16.7 Å². The maximum Gasteiger partial charge on any atom is 0.261 e. The Labute approximate surface area is 181 Å². The molecule has 1 N–H and O–H groups in total. The van der Waals surface area contributed by atoms with Crippen molar-refractivity contribution in [1.82, 2.24) is 9.97 Å². The number of nitrogens with one attached hydrogen (secondary N) is 1. The van der Waals surface area contributed by atoms with Crippen molar-refractivity contribution in [2.75, 3.05) is 0 Å². The van der Waals surface area contributed by atoms with Crippen LogP contribution in [0.3, 0.4) is 0 Å². The summed E-state index contributed by atoms with van der Waals surface area (Å²) in [4.78, 5) is 20.2. The van der Waals surface area contributed by atoms with Gasteiger partial charge in [0.15, 0.2) is 0 Å². The summed E-state index contributed by atoms with van der Waals surface area (Å²) in [6, 6.07) is 18.3. The number of nitrogens with zero attached hydrogens (tertiary/aromatic N) is 1. The number of aryl methyl sites for hydroxylation is 2. The molecule has 0 spiro atoms. The highest BCUT2D eigenvalue weighted by Gasteiger charge is 2.30. The highest BCUT2D eigenvalue weighted by Crippen LogP contribution is 2.41. The smallest absolute Gasteiger partial charge is 0.261 e. The molecule has 1 aliphatic rings. The van der Waals surface area contributed by atoms with Crippen LogP contribution in [0.1, 0.15) is 42.5 Å². The van der Waals surface area contributed by atoms with E-state index in [0.717, 1.165) is 29.7 Å². The molecule has 31 heavy (non-hydrogen) atoms. The number of pyridine rings is 2. The van der Waals surface area contributed by atoms with Crippen molar-refractivity contribution in [2.45, 2.75) is 45.6 Å². The van der Waals surface area contributed by atoms with Gasteiger partial charge in [-0.3, -0.25) is 4.79 Å². The van der Waals surface area contributed by atoms with Crippen LogP contribution in [0.15, 0.2) is 65.6 Å². The van der Waals surface area contributed by atoms with Crippen LogP contribution in [0.2, 0.25) is 0 Å². The first-order valence-electron chi connectivity index (χ1n) is 10.8. The predicted octanol–water partition coefficient (Wildman–Crippen LogP) is 5.70. The van der Waals surface area contributed by atoms with Crippen LogP contribution < -0.4 is 10.3 Å². The fraction of sp³-hybridized carbons (Fsp3) is 0.259. The minimum Gasteiger partial charge on any atom is -0.488 e. The number of benzene rings is 2. The topological polar surface area (TPSA) is 55.0 Å². The van der Waals surface area contributed by atoms with E-state index in [1.807, 2.05) is 42.5 Å². The minimum atomic E-state index is -0.188. The quantitative estimate of drug-likeness (QED) is 0.469. The van der Waals surface area contributed by atoms with Crippen molar-refractivity contribution in [3.05, 3.63) is 93.4 Å². The van der Waals surface area contributed by atoms with Crippen molar-refractivity contribution in [1.29, 1.82) is 0 Å². The highest BCUT2D eigenvalue weighted by atomic mass is 16.5. The second-order valence-electron chi connectivity index (χ2n) is 9.06. The number of fused-ring (bicyclic) bond motifs is 2. The third-order valence-corrected chi connectivity index (χ3v) is 6.41. The SMILES string of the molecule is Cc1cc2c(cc1-c1cc(OCc3ccccc3)c3c(=O)[nH]ccc3n1)CCC2(C)C. The van der Waals surface area contributed by atoms with Gasteiger partial charge in [-0.15, -0.1) is 0 Å². The largest absolute Gasteiger partial charge is 0.488 e. The zero-order chi connectivity index (χ0) is 21.6. The summed E-state index contributed by atoms with van der Waals surface area (Å²) in [5.74, 6) is 0.561. The molecule has 4 aromatic rings. The number of hydrogen-bond donors (Lipinski definition) is 1. The van der Waals surface area contributed by atoms with Gasteiger partial charge in [-0.25, -0.2) is 4.98 Å². The van der Waals surface area contributed by atoms with Crippen LogP contribution in [0.25, 0.3) is 22.2 Å². The summed E-state index contributed by atoms with van der Waals surface area (Å²) in [5, 5.41) is 0.488. The molecule has 4 heteroatoms. The fourth-order valence-corrected chi connectivity index (χ4v) is 4.59. The first-order chi connectivity index (χ1) is 14.9. The zero-order valence-electron chi connectivity index (χ0n) is 18.2. The second-order valence-corrected chi connectivity index (χ2v) is 9.06. The number of aromatic amines is 1. The van der Waals surface area contributed by atoms with Crippen LogP contribution in [0, 0.1) is 6.92 Å². The Hall–Kier alpha value is -3.40. The van der Waals surface area contributed by atoms with E-state index in [9.17, 15) is 4.79 Å². The maximum absolute atomic E-state index is 12.6. The molecule has 0 radical (unpaired) electrons. The molecule has 2 aromatic heterocycles. The molecule has 0 saturated carbocycles. The van der Waals surface area contributed by atoms with Gasteiger partial charge in [0.25, 0.3) is 5.56 Å². The molecule has 0 unspecified atom stereocenters. The Morgan fingerprint density at radius 2 is 1.90 bits per heavy atom. The number of rotatable bonds is 4. The average Bonchev–Trinajstić information content (AvgIpc) is 3.06. The molecule has 156 valence electrons. The van der Waals surface area contributed by atoms with Crippen molar-refractivity contribution in [3.8, 4) is 17.0 Å². The summed E-state index contributed by atoms with van der Waals surface area (Å²) in [5.41, 5.74) is 7.69. The van der Waals surface area contributed by atoms with E-state index < -0.39 is 0 Å². The zero-order valence-corrected chi connectivity index (χ0v) is 18.2. The van der Waals surface area contributed by atoms with E-state index in [2.05, 4.69) is 37.9 Å². The third-order valence-electron chi connectivity index (χ3n) is 6.41. The summed E-state index contributed by atoms with van der Waals surface area (Å²) in [7, 11) is 0. The molecule has 0 fully saturated rings. The lowest BCUT2D eigenvalue weighted by Gasteiger charge is -2.20. The van der Waals surface area contributed by atoms with Crippen molar-refractivity contribution in [3.63, 3.8) is 0 Å². The lowest BCUT2D eigenvalue weighted by molar-refractivity contribution is 0.310. The minimum absolute atomic E-state index is 0.188. The van der Waals surface area contributed by atoms with Crippen molar-refractivity contribution >= 4 is 10.9 Å². The normalized spacial score (nSPS) is 14.5. The number of H-pyrrole nitrogens is 1. The number of ether oxygens (including phenoxy) is 1. The molecule has 2 aromatic carbocycles. The first kappa shape index (κ1) is 19.6. The van der Waals surface area contributed by atoms with E-state index in [-0.39, 0.29) is 11.0 Å². The molecule has 1 aliphatic carbocycles. The predicted molar refractivity (Wildman–Crippen MR) is 125 cm³/mol. The summed E-state index contributed by atoms with van der Waals surface area (Å²) in [6.45, 7) is 7.16. The standard InChI is InChI=1S/C27H26N2O2/c1-17-13-21-19(9-11-27(21,2)3)14-20(17)23-15-24(31-16-18-7-5-4-6-8-18)25-22(29-23)10-12-28-26(25)30/h4-8,10,12-15H,9,11,16H2,1-3H3,(H,28,30). The Kier molecular flexibility index (Phi) is 4.66. The van der Waals surface area contributed by atoms with E-state index in [1.54, 1.807) is 6.20 Å². The van der Waals surface area contributed by atoms with Gasteiger partial charge in [0.1, 0.15) is 17.7 Å². The Bertz CT molecular complexity index is 1340. The first-order valence-corrected chi connectivity index (χ1v) is 10.8. The monoisotopic (exact) mass is 410 g/mol. The fourth-order valence-electron chi connectivity index (χ4n) is 4.59. The Morgan fingerprint density at radius 3 is 2.71 bits per heavy atom. The molecule has 0 saturated heterocycles. The third kappa shape index (κ3) is 3.52. The lowest BCUT2D eigenvalue weighted by Crippen LogP contribution is -2.12. The molecular weight excluding hydrogens is 384 g/mol. The van der Waals surface area contributed by atoms with Gasteiger partial charge in [-0.1, -0.05) is 50.2 Å². The van der Waals surface area contributed by atoms with Crippen molar-refractivity contribution in [2.24, 2.45) is 0 Å². The number of hydrogen-bond acceptors (Lipinski definition) is 3. The number of aromatic nitrogens is 2. The highest BCUT2D eigenvalue weighted by molar-refractivity contribution is 5.87. The molecule has 0 amide bonds. The maximum atomic E-state index is 12.6. The summed E-state index contributed by atoms with van der Waals surface area (Å²) in [6.07, 6.45) is 3.89. The van der Waals surface area contributed by atoms with E-state index in [4.69, 9.17) is 9.72 Å². The van der Waals surface area contributed by atoms with Gasteiger partial charge in [0.05, 0.1) is 11.2 Å². The summed E-state index contributed by atoms with van der Waals surface area (Å²) >= 11 is 0. The van der Waals surface area contributed by atoms with E-state index >= 15 is 0 Å². The molecule has 2 heterocycles. The van der Waals surface area contributed by atoms with Gasteiger partial charge >= 0.3 is 0 Å². The van der Waals surface area contributed by atoms with Gasteiger partial charge in [0.2, 0.25) is 0 Å². The van der Waals surface area contributed by atoms with E-state index in [0.29, 0.717) is 23.3 Å². The van der Waals surface area contributed by atoms with Crippen LogP contribution >= 0.6 is 0 Å². The van der Waals surface area contributed by atoms with Crippen LogP contribution in [-0.2, 0) is 18.4 Å². The lowest BCUT2D eigenvalue weighted by atomic mass is 9.85. The van der Waals surface area contributed by atoms with Gasteiger partial charge in [-0.2, -0.15) is 0 Å². The molecular formula is C27H26N2O2. The Balaban J connectivity index is 1.63. The van der Waals surface area contributed by atoms with Crippen molar-refractivity contribution < 1.29 is 4.74 Å². The molecule has 4 nitrogen and oxygen atoms in total.